The van der Waals surface area contributed by atoms with Crippen LogP contribution >= 0.6 is 0 Å². The highest BCUT2D eigenvalue weighted by molar-refractivity contribution is 5.78. The fourth-order valence-electron chi connectivity index (χ4n) is 2.55. The van der Waals surface area contributed by atoms with Crippen LogP contribution in [0, 0.1) is 0 Å². The molecular formula is C15H29N3O3. The summed E-state index contributed by atoms with van der Waals surface area (Å²) in [4.78, 5) is 27.4. The summed E-state index contributed by atoms with van der Waals surface area (Å²) in [5.74, 6) is -0.0549. The largest absolute Gasteiger partial charge is 0.469 e. The zero-order chi connectivity index (χ0) is 15.7. The fourth-order valence-corrected chi connectivity index (χ4v) is 2.55. The number of hydrogen-bond acceptors (Lipinski definition) is 5. The second-order valence-electron chi connectivity index (χ2n) is 5.70. The number of esters is 1. The number of piperazine rings is 1. The molecule has 0 bridgehead atoms. The van der Waals surface area contributed by atoms with E-state index >= 15 is 0 Å². The minimum atomic E-state index is -0.165. The minimum Gasteiger partial charge on any atom is -0.469 e. The molecule has 0 radical (unpaired) electrons. The molecule has 21 heavy (non-hydrogen) atoms. The summed E-state index contributed by atoms with van der Waals surface area (Å²) in [5.41, 5.74) is 0. The van der Waals surface area contributed by atoms with E-state index in [1.54, 1.807) is 0 Å². The normalized spacial score (nSPS) is 18.2. The van der Waals surface area contributed by atoms with Gasteiger partial charge in [0.05, 0.1) is 20.1 Å². The molecule has 1 unspecified atom stereocenters. The Morgan fingerprint density at radius 3 is 2.38 bits per heavy atom. The lowest BCUT2D eigenvalue weighted by molar-refractivity contribution is -0.141. The molecule has 1 N–H and O–H groups in total. The fraction of sp³-hybridized carbons (Fsp3) is 0.867. The topological polar surface area (TPSA) is 61.9 Å². The molecule has 1 saturated heterocycles. The van der Waals surface area contributed by atoms with Crippen molar-refractivity contribution >= 4 is 11.9 Å². The van der Waals surface area contributed by atoms with Gasteiger partial charge in [0.25, 0.3) is 0 Å². The number of rotatable bonds is 8. The van der Waals surface area contributed by atoms with Crippen molar-refractivity contribution in [1.29, 1.82) is 0 Å². The maximum absolute atomic E-state index is 11.9. The molecule has 1 atom stereocenters. The molecule has 0 aromatic heterocycles. The van der Waals surface area contributed by atoms with Crippen LogP contribution in [0.4, 0.5) is 0 Å². The second-order valence-corrected chi connectivity index (χ2v) is 5.70. The van der Waals surface area contributed by atoms with Crippen molar-refractivity contribution in [2.45, 2.75) is 39.2 Å². The lowest BCUT2D eigenvalue weighted by Gasteiger charge is -2.34. The number of hydrogen-bond donors (Lipinski definition) is 1. The first-order chi connectivity index (χ1) is 10.0. The Balaban J connectivity index is 2.18. The van der Waals surface area contributed by atoms with E-state index in [-0.39, 0.29) is 17.9 Å². The smallest absolute Gasteiger partial charge is 0.306 e. The molecule has 6 nitrogen and oxygen atoms in total. The minimum absolute atomic E-state index is 0.110. The monoisotopic (exact) mass is 299 g/mol. The molecule has 0 saturated carbocycles. The van der Waals surface area contributed by atoms with Gasteiger partial charge >= 0.3 is 5.97 Å². The highest BCUT2D eigenvalue weighted by Gasteiger charge is 2.19. The average molecular weight is 299 g/mol. The predicted octanol–water partition coefficient (Wildman–Crippen LogP) is 0.472. The third-order valence-electron chi connectivity index (χ3n) is 3.82. The number of ether oxygens (including phenoxy) is 1. The average Bonchev–Trinajstić information content (AvgIpc) is 2.46. The summed E-state index contributed by atoms with van der Waals surface area (Å²) in [5, 5.41) is 3.03. The predicted molar refractivity (Wildman–Crippen MR) is 82.0 cm³/mol. The van der Waals surface area contributed by atoms with E-state index in [9.17, 15) is 9.59 Å². The summed E-state index contributed by atoms with van der Waals surface area (Å²) in [6.45, 7) is 8.92. The van der Waals surface area contributed by atoms with Crippen LogP contribution in [0.1, 0.15) is 33.1 Å². The van der Waals surface area contributed by atoms with Crippen molar-refractivity contribution in [3.63, 3.8) is 0 Å². The van der Waals surface area contributed by atoms with E-state index < -0.39 is 0 Å². The molecule has 0 aliphatic carbocycles. The van der Waals surface area contributed by atoms with Crippen LogP contribution in [-0.4, -0.2) is 74.1 Å². The van der Waals surface area contributed by atoms with E-state index in [0.717, 1.165) is 45.6 Å². The quantitative estimate of drug-likeness (QED) is 0.660. The van der Waals surface area contributed by atoms with E-state index in [1.165, 1.54) is 7.11 Å². The highest BCUT2D eigenvalue weighted by Crippen LogP contribution is 2.03. The van der Waals surface area contributed by atoms with Gasteiger partial charge in [-0.1, -0.05) is 13.3 Å². The maximum atomic E-state index is 11.9. The molecule has 1 fully saturated rings. The Kier molecular flexibility index (Phi) is 8.30. The van der Waals surface area contributed by atoms with Crippen molar-refractivity contribution < 1.29 is 14.3 Å². The van der Waals surface area contributed by atoms with Crippen LogP contribution in [0.5, 0.6) is 0 Å². The zero-order valence-corrected chi connectivity index (χ0v) is 13.6. The van der Waals surface area contributed by atoms with Crippen LogP contribution in [0.3, 0.4) is 0 Å². The Labute approximate surface area is 127 Å². The summed E-state index contributed by atoms with van der Waals surface area (Å²) < 4.78 is 4.64. The van der Waals surface area contributed by atoms with Gasteiger partial charge in [-0.05, 0) is 13.3 Å². The molecule has 0 aromatic rings. The summed E-state index contributed by atoms with van der Waals surface area (Å²) in [6.07, 6.45) is 2.54. The molecule has 1 aliphatic heterocycles. The number of amides is 1. The van der Waals surface area contributed by atoms with Crippen molar-refractivity contribution in [2.24, 2.45) is 0 Å². The second kappa shape index (κ2) is 9.73. The van der Waals surface area contributed by atoms with E-state index in [2.05, 4.69) is 26.8 Å². The standard InChI is InChI=1S/C15H29N3O3/c1-4-5-13(2)16-14(19)12-18-10-8-17(9-11-18)7-6-15(20)21-3/h13H,4-12H2,1-3H3,(H,16,19). The zero-order valence-electron chi connectivity index (χ0n) is 13.6. The van der Waals surface area contributed by atoms with Crippen molar-refractivity contribution in [2.75, 3.05) is 46.4 Å². The summed E-state index contributed by atoms with van der Waals surface area (Å²) >= 11 is 0. The molecule has 6 heteroatoms. The number of nitrogens with zero attached hydrogens (tertiary/aromatic N) is 2. The number of carbonyl (C=O) groups is 2. The first-order valence-electron chi connectivity index (χ1n) is 7.86. The van der Waals surface area contributed by atoms with Gasteiger partial charge in [0, 0.05) is 38.8 Å². The molecule has 1 amide bonds. The Morgan fingerprint density at radius 1 is 1.19 bits per heavy atom. The van der Waals surface area contributed by atoms with Crippen molar-refractivity contribution in [1.82, 2.24) is 15.1 Å². The van der Waals surface area contributed by atoms with Gasteiger partial charge in [0.1, 0.15) is 0 Å². The van der Waals surface area contributed by atoms with E-state index in [4.69, 9.17) is 0 Å². The van der Waals surface area contributed by atoms with E-state index in [1.807, 2.05) is 6.92 Å². The first-order valence-corrected chi connectivity index (χ1v) is 7.86. The SMILES string of the molecule is CCCC(C)NC(=O)CN1CCN(CCC(=O)OC)CC1. The highest BCUT2D eigenvalue weighted by atomic mass is 16.5. The third kappa shape index (κ3) is 7.43. The van der Waals surface area contributed by atoms with Gasteiger partial charge in [0.15, 0.2) is 0 Å². The Hall–Kier alpha value is -1.14. The van der Waals surface area contributed by atoms with Gasteiger partial charge < -0.3 is 15.0 Å². The molecular weight excluding hydrogens is 270 g/mol. The van der Waals surface area contributed by atoms with Crippen LogP contribution in [0.25, 0.3) is 0 Å². The number of nitrogens with one attached hydrogen (secondary N) is 1. The Morgan fingerprint density at radius 2 is 1.81 bits per heavy atom. The molecule has 1 rings (SSSR count). The van der Waals surface area contributed by atoms with Gasteiger partial charge in [0.2, 0.25) is 5.91 Å². The van der Waals surface area contributed by atoms with Crippen LogP contribution in [-0.2, 0) is 14.3 Å². The molecule has 122 valence electrons. The lowest BCUT2D eigenvalue weighted by Crippen LogP contribution is -2.50. The van der Waals surface area contributed by atoms with Gasteiger partial charge in [-0.2, -0.15) is 0 Å². The maximum Gasteiger partial charge on any atom is 0.306 e. The van der Waals surface area contributed by atoms with Crippen molar-refractivity contribution in [3.05, 3.63) is 0 Å². The molecule has 0 aromatic carbocycles. The van der Waals surface area contributed by atoms with Crippen LogP contribution in [0.2, 0.25) is 0 Å². The summed E-state index contributed by atoms with van der Waals surface area (Å²) in [7, 11) is 1.42. The van der Waals surface area contributed by atoms with Crippen LogP contribution in [0.15, 0.2) is 0 Å². The molecule has 1 aliphatic rings. The van der Waals surface area contributed by atoms with Gasteiger partial charge in [-0.25, -0.2) is 0 Å². The molecule has 1 heterocycles. The van der Waals surface area contributed by atoms with Crippen LogP contribution < -0.4 is 5.32 Å². The third-order valence-corrected chi connectivity index (χ3v) is 3.82. The molecule has 0 spiro atoms. The van der Waals surface area contributed by atoms with Gasteiger partial charge in [-0.3, -0.25) is 14.5 Å². The lowest BCUT2D eigenvalue weighted by atomic mass is 10.2. The van der Waals surface area contributed by atoms with Crippen molar-refractivity contribution in [3.8, 4) is 0 Å². The number of methoxy groups -OCH3 is 1. The number of carbonyl (C=O) groups excluding carboxylic acids is 2. The van der Waals surface area contributed by atoms with Gasteiger partial charge in [-0.15, -0.1) is 0 Å². The Bertz CT molecular complexity index is 328. The van der Waals surface area contributed by atoms with E-state index in [0.29, 0.717) is 13.0 Å². The summed E-state index contributed by atoms with van der Waals surface area (Å²) in [6, 6.07) is 0.254. The first kappa shape index (κ1) is 17.9.